The number of halogens is 5. The summed E-state index contributed by atoms with van der Waals surface area (Å²) >= 11 is 22.4. The third-order valence-electron chi connectivity index (χ3n) is 4.90. The third kappa shape index (κ3) is 5.61. The fraction of sp³-hybridized carbons (Fsp3) is 0.0833. The Kier molecular flexibility index (Phi) is 7.90. The molecule has 174 valence electrons. The first-order valence-electron chi connectivity index (χ1n) is 9.77. The molecule has 0 radical (unpaired) electrons. The minimum atomic E-state index is -0.574. The Balaban J connectivity index is 1.48. The van der Waals surface area contributed by atoms with Gasteiger partial charge < -0.3 is 4.74 Å². The number of amides is 2. The van der Waals surface area contributed by atoms with Gasteiger partial charge in [0, 0.05) is 26.2 Å². The van der Waals surface area contributed by atoms with Crippen LogP contribution in [0.1, 0.15) is 16.7 Å². The smallest absolute Gasteiger partial charge is 0.293 e. The fourth-order valence-corrected chi connectivity index (χ4v) is 5.18. The second-order valence-electron chi connectivity index (χ2n) is 7.18. The zero-order valence-electron chi connectivity index (χ0n) is 17.2. The molecule has 1 aliphatic rings. The highest BCUT2D eigenvalue weighted by molar-refractivity contribution is 9.10. The summed E-state index contributed by atoms with van der Waals surface area (Å²) in [5.41, 5.74) is 1.56. The van der Waals surface area contributed by atoms with Gasteiger partial charge in [0.05, 0.1) is 15.9 Å². The summed E-state index contributed by atoms with van der Waals surface area (Å²) in [6, 6.07) is 14.6. The molecule has 3 aromatic rings. The van der Waals surface area contributed by atoms with Crippen molar-refractivity contribution in [2.45, 2.75) is 13.2 Å². The standard InChI is InChI=1S/C24H14BrCl3FNO3S/c25-17-8-13(4-7-21(17)33-12-14-5-6-15(26)10-19(14)28)9-22-23(31)30(24(32)34-22)11-16-18(27)2-1-3-20(16)29/h1-10H,11-12H2/b22-9-. The Morgan fingerprint density at radius 2 is 1.82 bits per heavy atom. The maximum atomic E-state index is 14.1. The predicted octanol–water partition coefficient (Wildman–Crippen LogP) is 8.36. The van der Waals surface area contributed by atoms with Gasteiger partial charge in [-0.2, -0.15) is 0 Å². The number of hydrogen-bond donors (Lipinski definition) is 0. The lowest BCUT2D eigenvalue weighted by Crippen LogP contribution is -2.28. The van der Waals surface area contributed by atoms with Crippen molar-refractivity contribution in [3.8, 4) is 5.75 Å². The van der Waals surface area contributed by atoms with E-state index in [1.165, 1.54) is 18.2 Å². The topological polar surface area (TPSA) is 46.6 Å². The summed E-state index contributed by atoms with van der Waals surface area (Å²) in [4.78, 5) is 26.4. The van der Waals surface area contributed by atoms with E-state index >= 15 is 0 Å². The Morgan fingerprint density at radius 1 is 1.03 bits per heavy atom. The summed E-state index contributed by atoms with van der Waals surface area (Å²) in [5.74, 6) is -0.511. The number of thioether (sulfide) groups is 1. The lowest BCUT2D eigenvalue weighted by atomic mass is 10.2. The number of hydrogen-bond acceptors (Lipinski definition) is 4. The van der Waals surface area contributed by atoms with Gasteiger partial charge in [-0.25, -0.2) is 4.39 Å². The molecule has 34 heavy (non-hydrogen) atoms. The molecule has 0 aliphatic carbocycles. The van der Waals surface area contributed by atoms with E-state index in [-0.39, 0.29) is 28.6 Å². The summed E-state index contributed by atoms with van der Waals surface area (Å²) in [7, 11) is 0. The third-order valence-corrected chi connectivity index (χ3v) is 7.37. The number of carbonyl (C=O) groups is 2. The van der Waals surface area contributed by atoms with Crippen molar-refractivity contribution < 1.29 is 18.7 Å². The largest absolute Gasteiger partial charge is 0.488 e. The van der Waals surface area contributed by atoms with Gasteiger partial charge >= 0.3 is 0 Å². The molecule has 0 unspecified atom stereocenters. The molecule has 0 atom stereocenters. The summed E-state index contributed by atoms with van der Waals surface area (Å²) in [5, 5.41) is 0.713. The predicted molar refractivity (Wildman–Crippen MR) is 138 cm³/mol. The first-order valence-corrected chi connectivity index (χ1v) is 12.5. The lowest BCUT2D eigenvalue weighted by Gasteiger charge is -2.14. The highest BCUT2D eigenvalue weighted by Crippen LogP contribution is 2.36. The molecule has 0 saturated carbocycles. The molecule has 0 bridgehead atoms. The van der Waals surface area contributed by atoms with Gasteiger partial charge in [0.15, 0.2) is 0 Å². The van der Waals surface area contributed by atoms with Crippen LogP contribution >= 0.6 is 62.5 Å². The second kappa shape index (κ2) is 10.7. The number of ether oxygens (including phenoxy) is 1. The Labute approximate surface area is 222 Å². The highest BCUT2D eigenvalue weighted by Gasteiger charge is 2.35. The molecule has 1 fully saturated rings. The van der Waals surface area contributed by atoms with Crippen molar-refractivity contribution in [2.24, 2.45) is 0 Å². The van der Waals surface area contributed by atoms with Crippen molar-refractivity contribution in [1.82, 2.24) is 4.90 Å². The fourth-order valence-electron chi connectivity index (χ4n) is 3.15. The maximum Gasteiger partial charge on any atom is 0.293 e. The van der Waals surface area contributed by atoms with E-state index in [1.54, 1.807) is 42.5 Å². The van der Waals surface area contributed by atoms with Crippen LogP contribution in [0.25, 0.3) is 6.08 Å². The zero-order chi connectivity index (χ0) is 24.4. The van der Waals surface area contributed by atoms with E-state index in [0.29, 0.717) is 25.8 Å². The Morgan fingerprint density at radius 3 is 2.53 bits per heavy atom. The SMILES string of the molecule is O=C1S/C(=C\c2ccc(OCc3ccc(Cl)cc3Cl)c(Br)c2)C(=O)N1Cc1c(F)cccc1Cl. The van der Waals surface area contributed by atoms with Gasteiger partial charge in [0.25, 0.3) is 11.1 Å². The quantitative estimate of drug-likeness (QED) is 0.267. The van der Waals surface area contributed by atoms with E-state index in [4.69, 9.17) is 39.5 Å². The van der Waals surface area contributed by atoms with E-state index in [1.807, 2.05) is 0 Å². The molecule has 1 heterocycles. The van der Waals surface area contributed by atoms with Gasteiger partial charge in [0.2, 0.25) is 0 Å². The van der Waals surface area contributed by atoms with Gasteiger partial charge in [0.1, 0.15) is 18.2 Å². The first-order chi connectivity index (χ1) is 16.2. The van der Waals surface area contributed by atoms with Crippen LogP contribution in [0, 0.1) is 5.82 Å². The van der Waals surface area contributed by atoms with Crippen LogP contribution in [-0.4, -0.2) is 16.0 Å². The summed E-state index contributed by atoms with van der Waals surface area (Å²) in [6.45, 7) is 0.00266. The summed E-state index contributed by atoms with van der Waals surface area (Å²) in [6.07, 6.45) is 1.60. The van der Waals surface area contributed by atoms with Crippen molar-refractivity contribution in [3.63, 3.8) is 0 Å². The zero-order valence-corrected chi connectivity index (χ0v) is 21.8. The monoisotopic (exact) mass is 599 g/mol. The van der Waals surface area contributed by atoms with Crippen molar-refractivity contribution in [3.05, 3.63) is 102 Å². The maximum absolute atomic E-state index is 14.1. The van der Waals surface area contributed by atoms with Crippen LogP contribution in [0.3, 0.4) is 0 Å². The first kappa shape index (κ1) is 25.1. The number of carbonyl (C=O) groups excluding carboxylic acids is 2. The molecular weight excluding hydrogens is 588 g/mol. The van der Waals surface area contributed by atoms with Gasteiger partial charge in [-0.15, -0.1) is 0 Å². The number of rotatable bonds is 6. The molecule has 0 N–H and O–H groups in total. The number of nitrogens with zero attached hydrogens (tertiary/aromatic N) is 1. The van der Waals surface area contributed by atoms with Crippen LogP contribution in [0.4, 0.5) is 9.18 Å². The molecule has 1 aliphatic heterocycles. The van der Waals surface area contributed by atoms with E-state index in [9.17, 15) is 14.0 Å². The minimum absolute atomic E-state index is 0.0951. The number of benzene rings is 3. The molecule has 1 saturated heterocycles. The molecular formula is C24H14BrCl3FNO3S. The van der Waals surface area contributed by atoms with E-state index in [0.717, 1.165) is 22.2 Å². The van der Waals surface area contributed by atoms with E-state index < -0.39 is 17.0 Å². The second-order valence-corrected chi connectivity index (χ2v) is 10.3. The van der Waals surface area contributed by atoms with Crippen LogP contribution in [0.5, 0.6) is 5.75 Å². The average Bonchev–Trinajstić information content (AvgIpc) is 3.04. The molecule has 4 nitrogen and oxygen atoms in total. The Bertz CT molecular complexity index is 1310. The molecule has 3 aromatic carbocycles. The molecule has 0 spiro atoms. The molecule has 2 amide bonds. The molecule has 4 rings (SSSR count). The van der Waals surface area contributed by atoms with Crippen LogP contribution in [0.15, 0.2) is 64.0 Å². The van der Waals surface area contributed by atoms with Crippen LogP contribution in [-0.2, 0) is 17.9 Å². The van der Waals surface area contributed by atoms with E-state index in [2.05, 4.69) is 15.9 Å². The highest BCUT2D eigenvalue weighted by atomic mass is 79.9. The normalized spacial score (nSPS) is 14.9. The van der Waals surface area contributed by atoms with Gasteiger partial charge in [-0.3, -0.25) is 14.5 Å². The molecule has 10 heteroatoms. The van der Waals surface area contributed by atoms with Gasteiger partial charge in [-0.05, 0) is 75.7 Å². The van der Waals surface area contributed by atoms with Crippen molar-refractivity contribution in [2.75, 3.05) is 0 Å². The number of imide groups is 1. The van der Waals surface area contributed by atoms with Gasteiger partial charge in [-0.1, -0.05) is 53.0 Å². The average molecular weight is 602 g/mol. The lowest BCUT2D eigenvalue weighted by molar-refractivity contribution is -0.123. The minimum Gasteiger partial charge on any atom is -0.488 e. The van der Waals surface area contributed by atoms with Crippen molar-refractivity contribution >= 4 is 79.7 Å². The molecule has 0 aromatic heterocycles. The van der Waals surface area contributed by atoms with Crippen molar-refractivity contribution in [1.29, 1.82) is 0 Å². The summed E-state index contributed by atoms with van der Waals surface area (Å²) < 4.78 is 20.6. The Hall–Kier alpha value is -2.03. The van der Waals surface area contributed by atoms with Crippen LogP contribution < -0.4 is 4.74 Å². The van der Waals surface area contributed by atoms with Crippen LogP contribution in [0.2, 0.25) is 15.1 Å².